The number of nitrogens with zero attached hydrogens (tertiary/aromatic N) is 3. The maximum absolute atomic E-state index is 13.2. The molecule has 0 radical (unpaired) electrons. The Hall–Kier alpha value is -2.55. The smallest absolute Gasteiger partial charge is 0.226 e. The molecule has 3 fully saturated rings. The largest absolute Gasteiger partial charge is 0.368 e. The summed E-state index contributed by atoms with van der Waals surface area (Å²) in [5.41, 5.74) is 0.527. The van der Waals surface area contributed by atoms with E-state index in [1.54, 1.807) is 0 Å². The number of benzene rings is 1. The Labute approximate surface area is 166 Å². The zero-order valence-corrected chi connectivity index (χ0v) is 16.3. The summed E-state index contributed by atoms with van der Waals surface area (Å²) in [6, 6.07) is 12.5. The molecule has 3 aliphatic rings. The minimum atomic E-state index is -0.663. The van der Waals surface area contributed by atoms with E-state index in [0.717, 1.165) is 51.6 Å². The first kappa shape index (κ1) is 18.8. The van der Waals surface area contributed by atoms with Crippen molar-refractivity contribution in [1.29, 1.82) is 5.26 Å². The lowest BCUT2D eigenvalue weighted by Gasteiger charge is -2.39. The molecule has 148 valence electrons. The highest BCUT2D eigenvalue weighted by Crippen LogP contribution is 2.37. The predicted octanol–water partition coefficient (Wildman–Crippen LogP) is 2.31. The molecule has 2 aliphatic carbocycles. The van der Waals surface area contributed by atoms with Crippen molar-refractivity contribution >= 4 is 17.5 Å². The van der Waals surface area contributed by atoms with Crippen molar-refractivity contribution in [3.05, 3.63) is 30.3 Å². The van der Waals surface area contributed by atoms with Crippen molar-refractivity contribution in [2.75, 3.05) is 31.1 Å². The summed E-state index contributed by atoms with van der Waals surface area (Å²) in [7, 11) is 0. The lowest BCUT2D eigenvalue weighted by atomic mass is 9.77. The number of nitrogens with one attached hydrogen (secondary N) is 1. The maximum atomic E-state index is 13.2. The van der Waals surface area contributed by atoms with Gasteiger partial charge in [0.2, 0.25) is 11.8 Å². The first-order chi connectivity index (χ1) is 13.6. The Bertz CT molecular complexity index is 760. The number of hydrogen-bond donors (Lipinski definition) is 1. The van der Waals surface area contributed by atoms with Gasteiger partial charge in [-0.1, -0.05) is 31.0 Å². The molecule has 1 N–H and O–H groups in total. The van der Waals surface area contributed by atoms with E-state index in [1.165, 1.54) is 5.69 Å². The molecule has 0 bridgehead atoms. The molecule has 2 atom stereocenters. The molecule has 4 rings (SSSR count). The summed E-state index contributed by atoms with van der Waals surface area (Å²) in [6.07, 6.45) is 4.93. The van der Waals surface area contributed by atoms with E-state index in [2.05, 4.69) is 28.4 Å². The van der Waals surface area contributed by atoms with Gasteiger partial charge < -0.3 is 15.1 Å². The van der Waals surface area contributed by atoms with Crippen molar-refractivity contribution in [1.82, 2.24) is 10.2 Å². The second kappa shape index (κ2) is 7.83. The van der Waals surface area contributed by atoms with E-state index in [-0.39, 0.29) is 23.7 Å². The van der Waals surface area contributed by atoms with Crippen LogP contribution in [0.1, 0.15) is 38.5 Å². The molecular weight excluding hydrogens is 352 g/mol. The highest BCUT2D eigenvalue weighted by Gasteiger charge is 2.47. The summed E-state index contributed by atoms with van der Waals surface area (Å²) in [5, 5.41) is 12.2. The molecule has 6 nitrogen and oxygen atoms in total. The number of hydrogen-bond acceptors (Lipinski definition) is 4. The van der Waals surface area contributed by atoms with Crippen LogP contribution in [-0.4, -0.2) is 48.4 Å². The molecule has 0 spiro atoms. The molecule has 1 aliphatic heterocycles. The number of carbonyl (C=O) groups excluding carboxylic acids is 2. The Morgan fingerprint density at radius 3 is 2.25 bits per heavy atom. The summed E-state index contributed by atoms with van der Waals surface area (Å²) >= 11 is 0. The van der Waals surface area contributed by atoms with Gasteiger partial charge in [0.05, 0.1) is 6.07 Å². The van der Waals surface area contributed by atoms with Crippen molar-refractivity contribution in [2.45, 2.75) is 44.1 Å². The first-order valence-electron chi connectivity index (χ1n) is 10.4. The van der Waals surface area contributed by atoms with Gasteiger partial charge in [-0.3, -0.25) is 9.59 Å². The van der Waals surface area contributed by atoms with Crippen LogP contribution in [0, 0.1) is 23.2 Å². The molecule has 1 aromatic rings. The lowest BCUT2D eigenvalue weighted by Crippen LogP contribution is -2.53. The van der Waals surface area contributed by atoms with Crippen LogP contribution in [-0.2, 0) is 9.59 Å². The highest BCUT2D eigenvalue weighted by molar-refractivity contribution is 5.88. The standard InChI is InChI=1S/C22H28N4O2/c23-16-22(10-11-22)24-20(27)18-8-4-5-9-19(18)21(28)26-14-12-25(13-15-26)17-6-2-1-3-7-17/h1-3,6-7,18-19H,4-5,8-15H2,(H,24,27)/t18?,19-/m1/s1. The van der Waals surface area contributed by atoms with Crippen LogP contribution < -0.4 is 10.2 Å². The van der Waals surface area contributed by atoms with Gasteiger partial charge in [-0.15, -0.1) is 0 Å². The second-order valence-corrected chi connectivity index (χ2v) is 8.33. The van der Waals surface area contributed by atoms with Gasteiger partial charge in [0.1, 0.15) is 5.54 Å². The molecule has 1 unspecified atom stereocenters. The number of piperazine rings is 1. The number of para-hydroxylation sites is 1. The normalized spacial score (nSPS) is 26.2. The van der Waals surface area contributed by atoms with Crippen molar-refractivity contribution in [3.63, 3.8) is 0 Å². The number of anilines is 1. The Morgan fingerprint density at radius 1 is 1.00 bits per heavy atom. The maximum Gasteiger partial charge on any atom is 0.226 e. The van der Waals surface area contributed by atoms with Gasteiger partial charge in [-0.05, 0) is 37.8 Å². The van der Waals surface area contributed by atoms with Crippen LogP contribution in [0.3, 0.4) is 0 Å². The van der Waals surface area contributed by atoms with E-state index < -0.39 is 5.54 Å². The van der Waals surface area contributed by atoms with E-state index >= 15 is 0 Å². The quantitative estimate of drug-likeness (QED) is 0.870. The SMILES string of the molecule is N#CC1(NC(=O)C2CCCC[C@H]2C(=O)N2CCN(c3ccccc3)CC2)CC1. The Kier molecular flexibility index (Phi) is 5.25. The fraction of sp³-hybridized carbons (Fsp3) is 0.591. The van der Waals surface area contributed by atoms with Gasteiger partial charge in [-0.25, -0.2) is 0 Å². The summed E-state index contributed by atoms with van der Waals surface area (Å²) in [6.45, 7) is 3.02. The predicted molar refractivity (Wildman–Crippen MR) is 106 cm³/mol. The van der Waals surface area contributed by atoms with E-state index in [0.29, 0.717) is 13.1 Å². The molecule has 28 heavy (non-hydrogen) atoms. The molecule has 1 aromatic carbocycles. The van der Waals surface area contributed by atoms with Crippen LogP contribution in [0.4, 0.5) is 5.69 Å². The molecule has 2 amide bonds. The summed E-state index contributed by atoms with van der Waals surface area (Å²) < 4.78 is 0. The number of nitriles is 1. The highest BCUT2D eigenvalue weighted by atomic mass is 16.2. The number of amides is 2. The zero-order chi connectivity index (χ0) is 19.6. The molecule has 2 saturated carbocycles. The van der Waals surface area contributed by atoms with Gasteiger partial charge >= 0.3 is 0 Å². The fourth-order valence-corrected chi connectivity index (χ4v) is 4.52. The molecule has 1 heterocycles. The van der Waals surface area contributed by atoms with Gasteiger partial charge in [-0.2, -0.15) is 5.26 Å². The third-order valence-electron chi connectivity index (χ3n) is 6.46. The van der Waals surface area contributed by atoms with Crippen LogP contribution in [0.2, 0.25) is 0 Å². The van der Waals surface area contributed by atoms with E-state index in [4.69, 9.17) is 0 Å². The molecule has 0 aromatic heterocycles. The Morgan fingerprint density at radius 2 is 1.64 bits per heavy atom. The van der Waals surface area contributed by atoms with Crippen LogP contribution in [0.25, 0.3) is 0 Å². The van der Waals surface area contributed by atoms with Crippen LogP contribution in [0.5, 0.6) is 0 Å². The zero-order valence-electron chi connectivity index (χ0n) is 16.3. The van der Waals surface area contributed by atoms with Gasteiger partial charge in [0, 0.05) is 43.7 Å². The Balaban J connectivity index is 1.37. The van der Waals surface area contributed by atoms with E-state index in [1.807, 2.05) is 23.1 Å². The minimum Gasteiger partial charge on any atom is -0.368 e. The second-order valence-electron chi connectivity index (χ2n) is 8.33. The monoisotopic (exact) mass is 380 g/mol. The fourth-order valence-electron chi connectivity index (χ4n) is 4.52. The third-order valence-corrected chi connectivity index (χ3v) is 6.46. The molecular formula is C22H28N4O2. The van der Waals surface area contributed by atoms with Crippen LogP contribution >= 0.6 is 0 Å². The third kappa shape index (κ3) is 3.84. The van der Waals surface area contributed by atoms with E-state index in [9.17, 15) is 14.9 Å². The molecule has 1 saturated heterocycles. The van der Waals surface area contributed by atoms with Gasteiger partial charge in [0.15, 0.2) is 0 Å². The summed E-state index contributed by atoms with van der Waals surface area (Å²) in [5.74, 6) is -0.514. The van der Waals surface area contributed by atoms with Crippen molar-refractivity contribution in [3.8, 4) is 6.07 Å². The average Bonchev–Trinajstić information content (AvgIpc) is 3.54. The van der Waals surface area contributed by atoms with Crippen molar-refractivity contribution in [2.24, 2.45) is 11.8 Å². The lowest BCUT2D eigenvalue weighted by molar-refractivity contribution is -0.144. The minimum absolute atomic E-state index is 0.0972. The average molecular weight is 380 g/mol. The van der Waals surface area contributed by atoms with Crippen LogP contribution in [0.15, 0.2) is 30.3 Å². The number of rotatable bonds is 4. The number of carbonyl (C=O) groups is 2. The van der Waals surface area contributed by atoms with Crippen molar-refractivity contribution < 1.29 is 9.59 Å². The van der Waals surface area contributed by atoms with Gasteiger partial charge in [0.25, 0.3) is 0 Å². The topological polar surface area (TPSA) is 76.4 Å². The first-order valence-corrected chi connectivity index (χ1v) is 10.4. The molecule has 6 heteroatoms. The summed E-state index contributed by atoms with van der Waals surface area (Å²) in [4.78, 5) is 30.3.